The molecule has 5 nitrogen and oxygen atoms in total. The zero-order valence-electron chi connectivity index (χ0n) is 16.5. The van der Waals surface area contributed by atoms with Crippen molar-refractivity contribution < 1.29 is 9.18 Å². The lowest BCUT2D eigenvalue weighted by atomic mass is 10.2. The highest BCUT2D eigenvalue weighted by molar-refractivity contribution is 7.99. The van der Waals surface area contributed by atoms with Gasteiger partial charge in [0, 0.05) is 17.8 Å². The molecule has 0 aliphatic carbocycles. The number of amides is 1. The third-order valence-corrected chi connectivity index (χ3v) is 5.36. The third kappa shape index (κ3) is 5.90. The van der Waals surface area contributed by atoms with Gasteiger partial charge in [-0.1, -0.05) is 56.1 Å². The van der Waals surface area contributed by atoms with Crippen molar-refractivity contribution in [2.24, 2.45) is 0 Å². The zero-order chi connectivity index (χ0) is 20.5. The van der Waals surface area contributed by atoms with Crippen molar-refractivity contribution >= 4 is 17.7 Å². The van der Waals surface area contributed by atoms with Crippen molar-refractivity contribution in [2.75, 3.05) is 12.3 Å². The van der Waals surface area contributed by atoms with Crippen LogP contribution in [0.3, 0.4) is 0 Å². The van der Waals surface area contributed by atoms with E-state index in [1.54, 1.807) is 12.1 Å². The second-order valence-electron chi connectivity index (χ2n) is 6.68. The summed E-state index contributed by atoms with van der Waals surface area (Å²) in [5.74, 6) is 0.558. The molecule has 0 unspecified atom stereocenters. The Bertz CT molecular complexity index is 912. The quantitative estimate of drug-likeness (QED) is 0.382. The van der Waals surface area contributed by atoms with E-state index < -0.39 is 0 Å². The summed E-state index contributed by atoms with van der Waals surface area (Å²) in [5, 5.41) is 12.2. The fraction of sp³-hybridized carbons (Fsp3) is 0.318. The molecule has 1 amide bonds. The van der Waals surface area contributed by atoms with Gasteiger partial charge in [0.2, 0.25) is 5.91 Å². The maximum Gasteiger partial charge on any atom is 0.230 e. The summed E-state index contributed by atoms with van der Waals surface area (Å²) in [4.78, 5) is 12.2. The van der Waals surface area contributed by atoms with E-state index in [2.05, 4.69) is 22.4 Å². The largest absolute Gasteiger partial charge is 0.355 e. The minimum Gasteiger partial charge on any atom is -0.355 e. The Balaban J connectivity index is 1.73. The van der Waals surface area contributed by atoms with Crippen molar-refractivity contribution in [2.45, 2.75) is 37.8 Å². The van der Waals surface area contributed by atoms with E-state index in [1.165, 1.54) is 36.7 Å². The number of benzene rings is 2. The summed E-state index contributed by atoms with van der Waals surface area (Å²) >= 11 is 1.34. The Morgan fingerprint density at radius 3 is 2.52 bits per heavy atom. The molecule has 0 atom stereocenters. The summed E-state index contributed by atoms with van der Waals surface area (Å²) in [6.07, 6.45) is 4.50. The lowest BCUT2D eigenvalue weighted by Gasteiger charge is -2.10. The van der Waals surface area contributed by atoms with Crippen LogP contribution >= 0.6 is 11.8 Å². The molecule has 0 radical (unpaired) electrons. The first-order chi connectivity index (χ1) is 14.2. The molecular formula is C22H25FN4OS. The molecule has 0 aliphatic rings. The highest BCUT2D eigenvalue weighted by Gasteiger charge is 2.17. The van der Waals surface area contributed by atoms with Crippen LogP contribution in [0, 0.1) is 5.82 Å². The van der Waals surface area contributed by atoms with E-state index in [-0.39, 0.29) is 17.5 Å². The van der Waals surface area contributed by atoms with Crippen LogP contribution < -0.4 is 5.32 Å². The van der Waals surface area contributed by atoms with E-state index in [0.29, 0.717) is 17.5 Å². The summed E-state index contributed by atoms with van der Waals surface area (Å²) < 4.78 is 15.2. The highest BCUT2D eigenvalue weighted by atomic mass is 32.2. The minimum absolute atomic E-state index is 0.0163. The molecule has 3 rings (SSSR count). The molecule has 7 heteroatoms. The minimum atomic E-state index is -0.301. The molecule has 0 saturated heterocycles. The molecule has 3 aromatic rings. The van der Waals surface area contributed by atoms with Crippen molar-refractivity contribution in [3.63, 3.8) is 0 Å². The number of hydrogen-bond donors (Lipinski definition) is 1. The van der Waals surface area contributed by atoms with Gasteiger partial charge in [0.05, 0.1) is 5.75 Å². The van der Waals surface area contributed by atoms with Crippen LogP contribution in [0.15, 0.2) is 59.8 Å². The Labute approximate surface area is 174 Å². The number of unbranched alkanes of at least 4 members (excludes halogenated alkanes) is 3. The van der Waals surface area contributed by atoms with Crippen LogP contribution in [0.4, 0.5) is 4.39 Å². The van der Waals surface area contributed by atoms with E-state index in [4.69, 9.17) is 0 Å². The van der Waals surface area contributed by atoms with E-state index >= 15 is 0 Å². The second kappa shape index (κ2) is 10.8. The van der Waals surface area contributed by atoms with Gasteiger partial charge in [-0.15, -0.1) is 10.2 Å². The Morgan fingerprint density at radius 2 is 1.79 bits per heavy atom. The predicted molar refractivity (Wildman–Crippen MR) is 115 cm³/mol. The fourth-order valence-corrected chi connectivity index (χ4v) is 3.70. The average molecular weight is 413 g/mol. The number of carbonyl (C=O) groups excluding carboxylic acids is 1. The summed E-state index contributed by atoms with van der Waals surface area (Å²) in [6, 6.07) is 15.9. The third-order valence-electron chi connectivity index (χ3n) is 4.44. The smallest absolute Gasteiger partial charge is 0.230 e. The first-order valence-corrected chi connectivity index (χ1v) is 10.8. The van der Waals surface area contributed by atoms with Crippen LogP contribution in [0.2, 0.25) is 0 Å². The van der Waals surface area contributed by atoms with Crippen LogP contribution in [-0.4, -0.2) is 33.0 Å². The number of thioether (sulfide) groups is 1. The van der Waals surface area contributed by atoms with Gasteiger partial charge in [-0.05, 0) is 42.8 Å². The Kier molecular flexibility index (Phi) is 7.81. The molecule has 152 valence electrons. The van der Waals surface area contributed by atoms with Gasteiger partial charge in [-0.25, -0.2) is 4.39 Å². The molecule has 1 N–H and O–H groups in total. The highest BCUT2D eigenvalue weighted by Crippen LogP contribution is 2.28. The molecule has 1 aromatic heterocycles. The number of carbonyl (C=O) groups is 1. The maximum atomic E-state index is 13.3. The average Bonchev–Trinajstić information content (AvgIpc) is 3.17. The van der Waals surface area contributed by atoms with E-state index in [1.807, 2.05) is 34.9 Å². The lowest BCUT2D eigenvalue weighted by Crippen LogP contribution is -2.26. The lowest BCUT2D eigenvalue weighted by molar-refractivity contribution is -0.118. The Hall–Kier alpha value is -2.67. The molecule has 1 heterocycles. The molecule has 0 aliphatic heterocycles. The number of nitrogens with zero attached hydrogens (tertiary/aromatic N) is 3. The predicted octanol–water partition coefficient (Wildman–Crippen LogP) is 4.86. The molecule has 0 bridgehead atoms. The summed E-state index contributed by atoms with van der Waals surface area (Å²) in [5.41, 5.74) is 1.65. The number of hydrogen-bond acceptors (Lipinski definition) is 4. The maximum absolute atomic E-state index is 13.3. The van der Waals surface area contributed by atoms with Crippen molar-refractivity contribution in [3.8, 4) is 17.1 Å². The van der Waals surface area contributed by atoms with Gasteiger partial charge in [0.15, 0.2) is 11.0 Å². The standard InChI is InChI=1S/C22H25FN4OS/c1-2-3-4-8-15-24-20(28)16-29-22-26-25-21(17-11-13-18(23)14-12-17)27(22)19-9-6-5-7-10-19/h5-7,9-14H,2-4,8,15-16H2,1H3,(H,24,28). The number of para-hydroxylation sites is 1. The monoisotopic (exact) mass is 412 g/mol. The van der Waals surface area contributed by atoms with Gasteiger partial charge < -0.3 is 5.32 Å². The van der Waals surface area contributed by atoms with Crippen molar-refractivity contribution in [3.05, 3.63) is 60.4 Å². The van der Waals surface area contributed by atoms with Crippen molar-refractivity contribution in [1.29, 1.82) is 0 Å². The molecule has 29 heavy (non-hydrogen) atoms. The van der Waals surface area contributed by atoms with E-state index in [9.17, 15) is 9.18 Å². The van der Waals surface area contributed by atoms with Crippen molar-refractivity contribution in [1.82, 2.24) is 20.1 Å². The fourth-order valence-electron chi connectivity index (χ4n) is 2.92. The first kappa shape index (κ1) is 21.0. The van der Waals surface area contributed by atoms with Crippen LogP contribution in [0.5, 0.6) is 0 Å². The van der Waals surface area contributed by atoms with Crippen LogP contribution in [0.1, 0.15) is 32.6 Å². The molecule has 0 saturated carbocycles. The zero-order valence-corrected chi connectivity index (χ0v) is 17.3. The SMILES string of the molecule is CCCCCCNC(=O)CSc1nnc(-c2ccc(F)cc2)n1-c1ccccc1. The van der Waals surface area contributed by atoms with Gasteiger partial charge >= 0.3 is 0 Å². The number of nitrogens with one attached hydrogen (secondary N) is 1. The van der Waals surface area contributed by atoms with Crippen LogP contribution in [0.25, 0.3) is 17.1 Å². The van der Waals surface area contributed by atoms with E-state index in [0.717, 1.165) is 24.1 Å². The second-order valence-corrected chi connectivity index (χ2v) is 7.63. The molecule has 0 spiro atoms. The number of halogens is 1. The molecule has 0 fully saturated rings. The number of rotatable bonds is 10. The normalized spacial score (nSPS) is 10.8. The topological polar surface area (TPSA) is 59.8 Å². The summed E-state index contributed by atoms with van der Waals surface area (Å²) in [7, 11) is 0. The van der Waals surface area contributed by atoms with Gasteiger partial charge in [0.25, 0.3) is 0 Å². The van der Waals surface area contributed by atoms with Gasteiger partial charge in [0.1, 0.15) is 5.82 Å². The Morgan fingerprint density at radius 1 is 1.03 bits per heavy atom. The van der Waals surface area contributed by atoms with Crippen LogP contribution in [-0.2, 0) is 4.79 Å². The molecular weight excluding hydrogens is 387 g/mol. The number of aromatic nitrogens is 3. The first-order valence-electron chi connectivity index (χ1n) is 9.85. The molecule has 2 aromatic carbocycles. The van der Waals surface area contributed by atoms with Gasteiger partial charge in [-0.3, -0.25) is 9.36 Å². The van der Waals surface area contributed by atoms with Gasteiger partial charge in [-0.2, -0.15) is 0 Å². The summed E-state index contributed by atoms with van der Waals surface area (Å²) in [6.45, 7) is 2.86.